The van der Waals surface area contributed by atoms with Crippen LogP contribution in [-0.2, 0) is 0 Å². The lowest BCUT2D eigenvalue weighted by molar-refractivity contribution is 0.273. The highest BCUT2D eigenvalue weighted by Gasteiger charge is 2.08. The Morgan fingerprint density at radius 3 is 2.10 bits per heavy atom. The highest BCUT2D eigenvalue weighted by Crippen LogP contribution is 1.97. The van der Waals surface area contributed by atoms with Crippen LogP contribution in [0.15, 0.2) is 0 Å². The van der Waals surface area contributed by atoms with Crippen LogP contribution >= 0.6 is 0 Å². The predicted molar refractivity (Wildman–Crippen MR) is 46.1 cm³/mol. The Kier molecular flexibility index (Phi) is 3.91. The Bertz CT molecular complexity index is 83.7. The van der Waals surface area contributed by atoms with E-state index in [1.165, 1.54) is 0 Å². The van der Waals surface area contributed by atoms with Crippen molar-refractivity contribution in [3.05, 3.63) is 0 Å². The van der Waals surface area contributed by atoms with Gasteiger partial charge in [0.25, 0.3) is 0 Å². The Labute approximate surface area is 64.6 Å². The lowest BCUT2D eigenvalue weighted by atomic mass is 10.1. The topological polar surface area (TPSA) is 15.3 Å². The van der Waals surface area contributed by atoms with Gasteiger partial charge in [-0.1, -0.05) is 6.92 Å². The van der Waals surface area contributed by atoms with Crippen molar-refractivity contribution in [1.82, 2.24) is 10.2 Å². The normalized spacial score (nSPS) is 12.6. The summed E-state index contributed by atoms with van der Waals surface area (Å²) in [6.45, 7) is 10.8. The van der Waals surface area contributed by atoms with Crippen LogP contribution in [0.5, 0.6) is 0 Å². The molecule has 62 valence electrons. The molecule has 0 amide bonds. The van der Waals surface area contributed by atoms with Crippen LogP contribution in [0.4, 0.5) is 0 Å². The third-order valence-electron chi connectivity index (χ3n) is 1.42. The lowest BCUT2D eigenvalue weighted by Gasteiger charge is -2.24. The van der Waals surface area contributed by atoms with Crippen LogP contribution in [0.1, 0.15) is 27.7 Å². The minimum absolute atomic E-state index is 0.240. The summed E-state index contributed by atoms with van der Waals surface area (Å²) in [6, 6.07) is 0. The molecule has 0 spiro atoms. The van der Waals surface area contributed by atoms with Crippen LogP contribution in [-0.4, -0.2) is 30.7 Å². The first-order chi connectivity index (χ1) is 4.45. The second kappa shape index (κ2) is 3.94. The summed E-state index contributed by atoms with van der Waals surface area (Å²) in [6.07, 6.45) is 0. The van der Waals surface area contributed by atoms with Gasteiger partial charge in [-0.2, -0.15) is 0 Å². The van der Waals surface area contributed by atoms with Crippen LogP contribution in [0.3, 0.4) is 0 Å². The molecule has 0 bridgehead atoms. The summed E-state index contributed by atoms with van der Waals surface area (Å²) in [5.74, 6) is 0. The third kappa shape index (κ3) is 6.05. The van der Waals surface area contributed by atoms with Crippen LogP contribution in [0.25, 0.3) is 0 Å². The van der Waals surface area contributed by atoms with Crippen molar-refractivity contribution in [3.63, 3.8) is 0 Å². The zero-order chi connectivity index (χ0) is 8.20. The maximum Gasteiger partial charge on any atom is 0.0481 e. The van der Waals surface area contributed by atoms with E-state index >= 15 is 0 Å². The molecule has 0 heterocycles. The van der Waals surface area contributed by atoms with Gasteiger partial charge in [0.05, 0.1) is 0 Å². The molecule has 0 aliphatic carbocycles. The van der Waals surface area contributed by atoms with E-state index in [2.05, 4.69) is 45.0 Å². The summed E-state index contributed by atoms with van der Waals surface area (Å²) < 4.78 is 0. The number of hydrogen-bond donors (Lipinski definition) is 1. The molecular weight excluding hydrogens is 124 g/mol. The van der Waals surface area contributed by atoms with Gasteiger partial charge in [0.1, 0.15) is 0 Å². The van der Waals surface area contributed by atoms with E-state index < -0.39 is 0 Å². The van der Waals surface area contributed by atoms with Crippen LogP contribution < -0.4 is 5.32 Å². The van der Waals surface area contributed by atoms with Crippen molar-refractivity contribution in [3.8, 4) is 0 Å². The molecule has 1 N–H and O–H groups in total. The Hall–Kier alpha value is -0.0800. The van der Waals surface area contributed by atoms with Crippen molar-refractivity contribution < 1.29 is 0 Å². The van der Waals surface area contributed by atoms with Crippen molar-refractivity contribution >= 4 is 0 Å². The average Bonchev–Trinajstić information content (AvgIpc) is 1.81. The second-order valence-electron chi connectivity index (χ2n) is 3.76. The molecule has 0 aromatic heterocycles. The Morgan fingerprint density at radius 1 is 1.30 bits per heavy atom. The van der Waals surface area contributed by atoms with Crippen molar-refractivity contribution in [2.24, 2.45) is 0 Å². The molecule has 0 aromatic rings. The van der Waals surface area contributed by atoms with Gasteiger partial charge in [-0.05, 0) is 34.4 Å². The number of rotatable bonds is 3. The van der Waals surface area contributed by atoms with Gasteiger partial charge in [0.15, 0.2) is 0 Å². The largest absolute Gasteiger partial charge is 0.300 e. The predicted octanol–water partition coefficient (Wildman–Crippen LogP) is 1.28. The van der Waals surface area contributed by atoms with Crippen molar-refractivity contribution in [2.75, 3.05) is 20.3 Å². The van der Waals surface area contributed by atoms with Crippen LogP contribution in [0.2, 0.25) is 0 Å². The van der Waals surface area contributed by atoms with E-state index in [9.17, 15) is 0 Å². The molecule has 0 rings (SSSR count). The summed E-state index contributed by atoms with van der Waals surface area (Å²) >= 11 is 0. The van der Waals surface area contributed by atoms with Gasteiger partial charge >= 0.3 is 0 Å². The molecule has 0 aliphatic heterocycles. The maximum atomic E-state index is 3.40. The number of nitrogens with zero attached hydrogens (tertiary/aromatic N) is 1. The molecule has 2 heteroatoms. The zero-order valence-electron chi connectivity index (χ0n) is 7.86. The Balaban J connectivity index is 3.36. The SMILES string of the molecule is CCN(C)CNC(C)(C)C. The summed E-state index contributed by atoms with van der Waals surface area (Å²) in [5, 5.41) is 3.40. The summed E-state index contributed by atoms with van der Waals surface area (Å²) in [7, 11) is 2.11. The lowest BCUT2D eigenvalue weighted by Crippen LogP contribution is -2.42. The second-order valence-corrected chi connectivity index (χ2v) is 3.76. The first-order valence-corrected chi connectivity index (χ1v) is 3.89. The third-order valence-corrected chi connectivity index (χ3v) is 1.42. The van der Waals surface area contributed by atoms with E-state index in [0.29, 0.717) is 0 Å². The zero-order valence-corrected chi connectivity index (χ0v) is 7.86. The Morgan fingerprint density at radius 2 is 1.80 bits per heavy atom. The molecule has 0 fully saturated rings. The number of nitrogens with one attached hydrogen (secondary N) is 1. The monoisotopic (exact) mass is 144 g/mol. The van der Waals surface area contributed by atoms with Crippen molar-refractivity contribution in [1.29, 1.82) is 0 Å². The standard InChI is InChI=1S/C8H20N2/c1-6-10(5)7-9-8(2,3)4/h9H,6-7H2,1-5H3. The van der Waals surface area contributed by atoms with E-state index in [-0.39, 0.29) is 5.54 Å². The fraction of sp³-hybridized carbons (Fsp3) is 1.00. The summed E-state index contributed by atoms with van der Waals surface area (Å²) in [4.78, 5) is 2.24. The van der Waals surface area contributed by atoms with E-state index in [0.717, 1.165) is 13.2 Å². The maximum absolute atomic E-state index is 3.40. The molecule has 0 unspecified atom stereocenters. The molecule has 0 saturated heterocycles. The minimum Gasteiger partial charge on any atom is -0.300 e. The average molecular weight is 144 g/mol. The van der Waals surface area contributed by atoms with E-state index in [1.54, 1.807) is 0 Å². The smallest absolute Gasteiger partial charge is 0.0481 e. The van der Waals surface area contributed by atoms with Crippen molar-refractivity contribution in [2.45, 2.75) is 33.2 Å². The van der Waals surface area contributed by atoms with Gasteiger partial charge < -0.3 is 0 Å². The van der Waals surface area contributed by atoms with Gasteiger partial charge in [0, 0.05) is 12.2 Å². The summed E-state index contributed by atoms with van der Waals surface area (Å²) in [5.41, 5.74) is 0.240. The molecule has 0 radical (unpaired) electrons. The molecule has 10 heavy (non-hydrogen) atoms. The van der Waals surface area contributed by atoms with E-state index in [4.69, 9.17) is 0 Å². The first kappa shape index (κ1) is 9.92. The fourth-order valence-electron chi connectivity index (χ4n) is 0.484. The highest BCUT2D eigenvalue weighted by atomic mass is 15.2. The van der Waals surface area contributed by atoms with E-state index in [1.807, 2.05) is 0 Å². The van der Waals surface area contributed by atoms with Gasteiger partial charge in [0.2, 0.25) is 0 Å². The van der Waals surface area contributed by atoms with Gasteiger partial charge in [-0.15, -0.1) is 0 Å². The quantitative estimate of drug-likeness (QED) is 0.600. The fourth-order valence-corrected chi connectivity index (χ4v) is 0.484. The molecular formula is C8H20N2. The van der Waals surface area contributed by atoms with Gasteiger partial charge in [-0.25, -0.2) is 0 Å². The minimum atomic E-state index is 0.240. The number of hydrogen-bond acceptors (Lipinski definition) is 2. The molecule has 0 aliphatic rings. The molecule has 2 nitrogen and oxygen atoms in total. The molecule has 0 saturated carbocycles. The van der Waals surface area contributed by atoms with Gasteiger partial charge in [-0.3, -0.25) is 10.2 Å². The molecule has 0 atom stereocenters. The molecule has 0 aromatic carbocycles. The first-order valence-electron chi connectivity index (χ1n) is 3.89. The highest BCUT2D eigenvalue weighted by molar-refractivity contribution is 4.68. The van der Waals surface area contributed by atoms with Crippen LogP contribution in [0, 0.1) is 0 Å².